The number of amides is 1. The summed E-state index contributed by atoms with van der Waals surface area (Å²) in [5.74, 6) is -0.515. The van der Waals surface area contributed by atoms with Crippen LogP contribution in [0.1, 0.15) is 35.5 Å². The first-order chi connectivity index (χ1) is 9.01. The number of thiophene rings is 1. The predicted molar refractivity (Wildman–Crippen MR) is 75.6 cm³/mol. The minimum absolute atomic E-state index is 0.0971. The van der Waals surface area contributed by atoms with Crippen LogP contribution in [-0.2, 0) is 9.53 Å². The number of anilines is 1. The summed E-state index contributed by atoms with van der Waals surface area (Å²) in [6.07, 6.45) is 1.02. The van der Waals surface area contributed by atoms with Crippen molar-refractivity contribution < 1.29 is 19.6 Å². The van der Waals surface area contributed by atoms with Gasteiger partial charge in [-0.2, -0.15) is 0 Å². The second kappa shape index (κ2) is 7.25. The third-order valence-electron chi connectivity index (χ3n) is 2.82. The normalized spacial score (nSPS) is 12.0. The molecule has 1 aromatic heterocycles. The van der Waals surface area contributed by atoms with Gasteiger partial charge in [0.25, 0.3) is 5.91 Å². The number of nitrogens with two attached hydrogens (primary N) is 1. The highest BCUT2D eigenvalue weighted by atomic mass is 32.1. The molecule has 1 rings (SSSR count). The first-order valence-electron chi connectivity index (χ1n) is 6.31. The molecule has 1 aromatic rings. The molecule has 0 aromatic carbocycles. The third kappa shape index (κ3) is 4.04. The van der Waals surface area contributed by atoms with Gasteiger partial charge in [-0.15, -0.1) is 11.3 Å². The van der Waals surface area contributed by atoms with Crippen LogP contribution in [0.15, 0.2) is 5.38 Å². The largest absolute Gasteiger partial charge is 0.465 e. The van der Waals surface area contributed by atoms with Gasteiger partial charge in [-0.1, -0.05) is 6.92 Å². The molecule has 1 atom stereocenters. The molecular weight excluding hydrogens is 264 g/mol. The van der Waals surface area contributed by atoms with Crippen molar-refractivity contribution in [2.45, 2.75) is 33.2 Å². The molecule has 0 bridgehead atoms. The number of nitrogens with one attached hydrogen (secondary N) is 1. The molecule has 0 aliphatic heterocycles. The summed E-state index contributed by atoms with van der Waals surface area (Å²) < 4.78 is 4.71. The molecule has 106 valence electrons. The zero-order chi connectivity index (χ0) is 14.4. The second-order valence-corrected chi connectivity index (χ2v) is 5.30. The fourth-order valence-corrected chi connectivity index (χ4v) is 2.53. The van der Waals surface area contributed by atoms with Crippen LogP contribution in [-0.4, -0.2) is 31.6 Å². The molecule has 1 amide bonds. The van der Waals surface area contributed by atoms with Gasteiger partial charge >= 0.3 is 5.97 Å². The van der Waals surface area contributed by atoms with Crippen LogP contribution >= 0.6 is 11.3 Å². The van der Waals surface area contributed by atoms with E-state index in [2.05, 4.69) is 12.2 Å². The van der Waals surface area contributed by atoms with E-state index in [1.54, 1.807) is 0 Å². The Labute approximate surface area is 117 Å². The first kappa shape index (κ1) is 15.7. The fourth-order valence-electron chi connectivity index (χ4n) is 1.60. The number of ether oxygens (including phenoxy) is 1. The smallest absolute Gasteiger partial charge is 0.350 e. The minimum Gasteiger partial charge on any atom is -0.465 e. The summed E-state index contributed by atoms with van der Waals surface area (Å²) in [5.41, 5.74) is 1.44. The summed E-state index contributed by atoms with van der Waals surface area (Å²) in [6.45, 7) is 6.68. The average Bonchev–Trinajstić information content (AvgIpc) is 2.76. The monoisotopic (exact) mass is 285 g/mol. The van der Waals surface area contributed by atoms with Crippen LogP contribution in [0, 0.1) is 6.92 Å². The van der Waals surface area contributed by atoms with Gasteiger partial charge in [0.2, 0.25) is 0 Å². The zero-order valence-corrected chi connectivity index (χ0v) is 12.6. The Kier molecular flexibility index (Phi) is 5.98. The van der Waals surface area contributed by atoms with Crippen molar-refractivity contribution in [3.8, 4) is 0 Å². The predicted octanol–water partition coefficient (Wildman–Crippen LogP) is 1.14. The van der Waals surface area contributed by atoms with Crippen molar-refractivity contribution in [2.24, 2.45) is 0 Å². The van der Waals surface area contributed by atoms with E-state index in [0.717, 1.165) is 18.5 Å². The Hall–Kier alpha value is -1.40. The summed E-state index contributed by atoms with van der Waals surface area (Å²) in [7, 11) is 1.33. The van der Waals surface area contributed by atoms with Crippen LogP contribution in [0.25, 0.3) is 0 Å². The third-order valence-corrected chi connectivity index (χ3v) is 3.89. The van der Waals surface area contributed by atoms with E-state index in [0.29, 0.717) is 10.6 Å². The molecule has 0 aliphatic rings. The van der Waals surface area contributed by atoms with Gasteiger partial charge in [0.1, 0.15) is 4.88 Å². The average molecular weight is 285 g/mol. The molecular formula is C13H21N2O3S+. The molecule has 0 saturated heterocycles. The van der Waals surface area contributed by atoms with Crippen molar-refractivity contribution in [3.63, 3.8) is 0 Å². The molecule has 1 heterocycles. The lowest BCUT2D eigenvalue weighted by Crippen LogP contribution is -2.91. The van der Waals surface area contributed by atoms with Crippen molar-refractivity contribution in [1.82, 2.24) is 0 Å². The lowest BCUT2D eigenvalue weighted by molar-refractivity contribution is -0.673. The van der Waals surface area contributed by atoms with Gasteiger partial charge in [0.05, 0.1) is 19.3 Å². The Morgan fingerprint density at radius 2 is 2.21 bits per heavy atom. The quantitative estimate of drug-likeness (QED) is 0.770. The number of carbonyl (C=O) groups is 2. The van der Waals surface area contributed by atoms with E-state index in [1.807, 2.05) is 24.5 Å². The number of hydrogen-bond donors (Lipinski definition) is 2. The van der Waals surface area contributed by atoms with E-state index in [9.17, 15) is 9.59 Å². The van der Waals surface area contributed by atoms with E-state index >= 15 is 0 Å². The van der Waals surface area contributed by atoms with E-state index in [4.69, 9.17) is 4.74 Å². The SMILES string of the molecule is CCC[NH2+][C@H](C)C(=O)Nc1c(C)csc1C(=O)OC. The number of rotatable bonds is 6. The van der Waals surface area contributed by atoms with Gasteiger partial charge in [-0.25, -0.2) is 4.79 Å². The van der Waals surface area contributed by atoms with Crippen molar-refractivity contribution in [3.05, 3.63) is 15.8 Å². The fraction of sp³-hybridized carbons (Fsp3) is 0.538. The van der Waals surface area contributed by atoms with Crippen LogP contribution in [0.5, 0.6) is 0 Å². The van der Waals surface area contributed by atoms with Crippen LogP contribution < -0.4 is 10.6 Å². The van der Waals surface area contributed by atoms with E-state index in [-0.39, 0.29) is 11.9 Å². The number of aryl methyl sites for hydroxylation is 1. The molecule has 0 saturated carbocycles. The summed E-state index contributed by atoms with van der Waals surface area (Å²) in [5, 5.41) is 6.64. The summed E-state index contributed by atoms with van der Waals surface area (Å²) >= 11 is 1.28. The van der Waals surface area contributed by atoms with Gasteiger partial charge < -0.3 is 15.4 Å². The van der Waals surface area contributed by atoms with Crippen LogP contribution in [0.3, 0.4) is 0 Å². The van der Waals surface area contributed by atoms with E-state index in [1.165, 1.54) is 18.4 Å². The Morgan fingerprint density at radius 1 is 1.53 bits per heavy atom. The highest BCUT2D eigenvalue weighted by Crippen LogP contribution is 2.28. The number of methoxy groups -OCH3 is 1. The van der Waals surface area contributed by atoms with Gasteiger partial charge in [0, 0.05) is 0 Å². The molecule has 0 aliphatic carbocycles. The lowest BCUT2D eigenvalue weighted by atomic mass is 10.2. The summed E-state index contributed by atoms with van der Waals surface area (Å²) in [4.78, 5) is 24.1. The maximum Gasteiger partial charge on any atom is 0.350 e. The molecule has 6 heteroatoms. The Bertz CT molecular complexity index is 457. The van der Waals surface area contributed by atoms with Gasteiger partial charge in [-0.05, 0) is 31.2 Å². The highest BCUT2D eigenvalue weighted by Gasteiger charge is 2.22. The molecule has 0 fully saturated rings. The number of esters is 1. The Morgan fingerprint density at radius 3 is 2.79 bits per heavy atom. The number of quaternary nitrogens is 1. The minimum atomic E-state index is -0.418. The molecule has 0 spiro atoms. The van der Waals surface area contributed by atoms with Crippen molar-refractivity contribution in [1.29, 1.82) is 0 Å². The van der Waals surface area contributed by atoms with Crippen LogP contribution in [0.4, 0.5) is 5.69 Å². The standard InChI is InChI=1S/C13H20N2O3S/c1-5-6-14-9(3)12(16)15-10-8(2)7-19-11(10)13(17)18-4/h7,9,14H,5-6H2,1-4H3,(H,15,16)/p+1/t9-/m1/s1. The second-order valence-electron chi connectivity index (χ2n) is 4.42. The van der Waals surface area contributed by atoms with Crippen LogP contribution in [0.2, 0.25) is 0 Å². The van der Waals surface area contributed by atoms with Gasteiger partial charge in [0.15, 0.2) is 6.04 Å². The number of carbonyl (C=O) groups excluding carboxylic acids is 2. The topological polar surface area (TPSA) is 72.0 Å². The van der Waals surface area contributed by atoms with Gasteiger partial charge in [-0.3, -0.25) is 4.79 Å². The molecule has 0 radical (unpaired) electrons. The number of hydrogen-bond acceptors (Lipinski definition) is 4. The zero-order valence-electron chi connectivity index (χ0n) is 11.8. The maximum absolute atomic E-state index is 12.0. The highest BCUT2D eigenvalue weighted by molar-refractivity contribution is 7.12. The maximum atomic E-state index is 12.0. The van der Waals surface area contributed by atoms with E-state index < -0.39 is 5.97 Å². The van der Waals surface area contributed by atoms with Crippen molar-refractivity contribution in [2.75, 3.05) is 19.0 Å². The molecule has 19 heavy (non-hydrogen) atoms. The Balaban J connectivity index is 2.78. The summed E-state index contributed by atoms with van der Waals surface area (Å²) in [6, 6.07) is -0.176. The molecule has 5 nitrogen and oxygen atoms in total. The lowest BCUT2D eigenvalue weighted by Gasteiger charge is -2.11. The molecule has 3 N–H and O–H groups in total. The molecule has 0 unspecified atom stereocenters. The first-order valence-corrected chi connectivity index (χ1v) is 7.19. The van der Waals surface area contributed by atoms with Crippen molar-refractivity contribution >= 4 is 28.9 Å².